The van der Waals surface area contributed by atoms with Crippen molar-refractivity contribution in [2.75, 3.05) is 37.3 Å². The van der Waals surface area contributed by atoms with Gasteiger partial charge in [0.15, 0.2) is 0 Å². The van der Waals surface area contributed by atoms with Crippen molar-refractivity contribution >= 4 is 11.6 Å². The number of anilines is 2. The van der Waals surface area contributed by atoms with Gasteiger partial charge in [0.2, 0.25) is 0 Å². The van der Waals surface area contributed by atoms with Crippen molar-refractivity contribution in [3.8, 4) is 0 Å². The molecule has 1 aromatic rings. The van der Waals surface area contributed by atoms with E-state index in [2.05, 4.69) is 28.8 Å². The van der Waals surface area contributed by atoms with Gasteiger partial charge in [0.25, 0.3) is 0 Å². The Morgan fingerprint density at radius 1 is 1.53 bits per heavy atom. The molecule has 0 bridgehead atoms. The van der Waals surface area contributed by atoms with Crippen molar-refractivity contribution in [2.24, 2.45) is 0 Å². The number of hydrogen-bond acceptors (Lipinski definition) is 4. The van der Waals surface area contributed by atoms with Gasteiger partial charge in [-0.05, 0) is 38.1 Å². The van der Waals surface area contributed by atoms with E-state index < -0.39 is 0 Å². The lowest BCUT2D eigenvalue weighted by Crippen LogP contribution is -2.39. The van der Waals surface area contributed by atoms with E-state index >= 15 is 0 Å². The maximum Gasteiger partial charge on any atom is 0.130 e. The van der Waals surface area contributed by atoms with Gasteiger partial charge in [0.05, 0.1) is 0 Å². The second-order valence-electron chi connectivity index (χ2n) is 4.73. The smallest absolute Gasteiger partial charge is 0.130 e. The topological polar surface area (TPSA) is 45.4 Å². The van der Waals surface area contributed by atoms with E-state index in [4.69, 9.17) is 5.73 Å². The summed E-state index contributed by atoms with van der Waals surface area (Å²) in [6, 6.07) is 6.46. The number of pyridine rings is 1. The number of likely N-dealkylation sites (N-methyl/N-ethyl adjacent to an activating group) is 2. The molecule has 1 saturated heterocycles. The van der Waals surface area contributed by atoms with E-state index in [1.54, 1.807) is 0 Å². The molecule has 0 radical (unpaired) electrons. The third kappa shape index (κ3) is 2.88. The molecule has 2 rings (SSSR count). The molecule has 4 nitrogen and oxygen atoms in total. The molecule has 2 N–H and O–H groups in total. The molecule has 1 aromatic heterocycles. The van der Waals surface area contributed by atoms with Crippen LogP contribution >= 0.6 is 0 Å². The first-order valence-electron chi connectivity index (χ1n) is 6.38. The van der Waals surface area contributed by atoms with Gasteiger partial charge >= 0.3 is 0 Å². The van der Waals surface area contributed by atoms with Crippen LogP contribution in [0.25, 0.3) is 0 Å². The molecule has 0 amide bonds. The molecular formula is C13H22N4. The number of nitrogens with zero attached hydrogens (tertiary/aromatic N) is 3. The standard InChI is InChI=1S/C13H22N4/c1-3-17-9-5-6-11(17)10-16(2)13-8-4-7-12(14)15-13/h4,7-8,11H,3,5-6,9-10H2,1-2H3,(H2,14,15). The lowest BCUT2D eigenvalue weighted by Gasteiger charge is -2.28. The Bertz CT molecular complexity index is 366. The average Bonchev–Trinajstić information content (AvgIpc) is 2.76. The predicted octanol–water partition coefficient (Wildman–Crippen LogP) is 1.58. The van der Waals surface area contributed by atoms with Crippen LogP contribution in [0.3, 0.4) is 0 Å². The molecule has 1 aliphatic heterocycles. The van der Waals surface area contributed by atoms with Crippen molar-refractivity contribution in [3.63, 3.8) is 0 Å². The van der Waals surface area contributed by atoms with E-state index in [0.29, 0.717) is 11.9 Å². The summed E-state index contributed by atoms with van der Waals surface area (Å²) >= 11 is 0. The lowest BCUT2D eigenvalue weighted by atomic mass is 10.2. The number of hydrogen-bond donors (Lipinski definition) is 1. The van der Waals surface area contributed by atoms with Crippen LogP contribution in [-0.4, -0.2) is 42.6 Å². The molecular weight excluding hydrogens is 212 g/mol. The maximum absolute atomic E-state index is 5.71. The van der Waals surface area contributed by atoms with Gasteiger partial charge in [-0.3, -0.25) is 4.90 Å². The van der Waals surface area contributed by atoms with Crippen molar-refractivity contribution in [1.82, 2.24) is 9.88 Å². The molecule has 1 unspecified atom stereocenters. The van der Waals surface area contributed by atoms with Gasteiger partial charge < -0.3 is 10.6 Å². The lowest BCUT2D eigenvalue weighted by molar-refractivity contribution is 0.270. The summed E-state index contributed by atoms with van der Waals surface area (Å²) in [7, 11) is 2.09. The van der Waals surface area contributed by atoms with Gasteiger partial charge in [0.1, 0.15) is 11.6 Å². The molecule has 0 spiro atoms. The number of rotatable bonds is 4. The molecule has 0 saturated carbocycles. The number of nitrogens with two attached hydrogens (primary N) is 1. The van der Waals surface area contributed by atoms with E-state index in [-0.39, 0.29) is 0 Å². The fourth-order valence-electron chi connectivity index (χ4n) is 2.58. The third-order valence-corrected chi connectivity index (χ3v) is 3.54. The maximum atomic E-state index is 5.71. The first-order chi connectivity index (χ1) is 8.20. The summed E-state index contributed by atoms with van der Waals surface area (Å²) in [5, 5.41) is 0. The Hall–Kier alpha value is -1.29. The first-order valence-corrected chi connectivity index (χ1v) is 6.38. The minimum absolute atomic E-state index is 0.591. The van der Waals surface area contributed by atoms with Crippen LogP contribution in [0, 0.1) is 0 Å². The van der Waals surface area contributed by atoms with Crippen LogP contribution in [0.5, 0.6) is 0 Å². The normalized spacial score (nSPS) is 20.7. The quantitative estimate of drug-likeness (QED) is 0.859. The first kappa shape index (κ1) is 12.2. The molecule has 1 aliphatic rings. The van der Waals surface area contributed by atoms with E-state index in [1.807, 2.05) is 18.2 Å². The van der Waals surface area contributed by atoms with Gasteiger partial charge in [-0.1, -0.05) is 13.0 Å². The summed E-state index contributed by atoms with van der Waals surface area (Å²) in [5.41, 5.74) is 5.71. The van der Waals surface area contributed by atoms with Crippen LogP contribution in [0.2, 0.25) is 0 Å². The fourth-order valence-corrected chi connectivity index (χ4v) is 2.58. The fraction of sp³-hybridized carbons (Fsp3) is 0.615. The number of likely N-dealkylation sites (tertiary alicyclic amines) is 1. The Labute approximate surface area is 103 Å². The molecule has 0 aliphatic carbocycles. The molecule has 17 heavy (non-hydrogen) atoms. The highest BCUT2D eigenvalue weighted by Crippen LogP contribution is 2.19. The summed E-state index contributed by atoms with van der Waals surface area (Å²) in [6.07, 6.45) is 2.61. The van der Waals surface area contributed by atoms with Crippen molar-refractivity contribution in [1.29, 1.82) is 0 Å². The number of nitrogen functional groups attached to an aromatic ring is 1. The Morgan fingerprint density at radius 3 is 3.06 bits per heavy atom. The summed E-state index contributed by atoms with van der Waals surface area (Å²) in [5.74, 6) is 1.56. The molecule has 1 atom stereocenters. The van der Waals surface area contributed by atoms with E-state index in [9.17, 15) is 0 Å². The van der Waals surface area contributed by atoms with Crippen molar-refractivity contribution in [2.45, 2.75) is 25.8 Å². The van der Waals surface area contributed by atoms with Gasteiger partial charge in [-0.2, -0.15) is 0 Å². The Morgan fingerprint density at radius 2 is 2.35 bits per heavy atom. The Kier molecular flexibility index (Phi) is 3.84. The summed E-state index contributed by atoms with van der Waals surface area (Å²) < 4.78 is 0. The molecule has 4 heteroatoms. The highest BCUT2D eigenvalue weighted by molar-refractivity contribution is 5.44. The highest BCUT2D eigenvalue weighted by Gasteiger charge is 2.24. The second kappa shape index (κ2) is 5.36. The van der Waals surface area contributed by atoms with E-state index in [1.165, 1.54) is 19.4 Å². The van der Waals surface area contributed by atoms with Crippen LogP contribution in [-0.2, 0) is 0 Å². The predicted molar refractivity (Wildman–Crippen MR) is 72.2 cm³/mol. The second-order valence-corrected chi connectivity index (χ2v) is 4.73. The van der Waals surface area contributed by atoms with Gasteiger partial charge in [-0.25, -0.2) is 4.98 Å². The molecule has 1 fully saturated rings. The van der Waals surface area contributed by atoms with Gasteiger partial charge in [0, 0.05) is 19.6 Å². The van der Waals surface area contributed by atoms with E-state index in [0.717, 1.165) is 18.9 Å². The minimum atomic E-state index is 0.591. The zero-order chi connectivity index (χ0) is 12.3. The zero-order valence-electron chi connectivity index (χ0n) is 10.8. The summed E-state index contributed by atoms with van der Waals surface area (Å²) in [4.78, 5) is 9.10. The largest absolute Gasteiger partial charge is 0.384 e. The zero-order valence-corrected chi connectivity index (χ0v) is 10.8. The summed E-state index contributed by atoms with van der Waals surface area (Å²) in [6.45, 7) is 5.64. The Balaban J connectivity index is 1.99. The van der Waals surface area contributed by atoms with Crippen LogP contribution in [0.1, 0.15) is 19.8 Å². The van der Waals surface area contributed by atoms with Crippen molar-refractivity contribution < 1.29 is 0 Å². The van der Waals surface area contributed by atoms with Crippen LogP contribution in [0.4, 0.5) is 11.6 Å². The SMILES string of the molecule is CCN1CCCC1CN(C)c1cccc(N)n1. The number of aromatic nitrogens is 1. The van der Waals surface area contributed by atoms with Crippen LogP contribution < -0.4 is 10.6 Å². The monoisotopic (exact) mass is 234 g/mol. The van der Waals surface area contributed by atoms with Crippen molar-refractivity contribution in [3.05, 3.63) is 18.2 Å². The molecule has 2 heterocycles. The molecule has 94 valence electrons. The highest BCUT2D eigenvalue weighted by atomic mass is 15.2. The minimum Gasteiger partial charge on any atom is -0.384 e. The van der Waals surface area contributed by atoms with Crippen LogP contribution in [0.15, 0.2) is 18.2 Å². The molecule has 0 aromatic carbocycles. The third-order valence-electron chi connectivity index (χ3n) is 3.54. The van der Waals surface area contributed by atoms with Gasteiger partial charge in [-0.15, -0.1) is 0 Å². The average molecular weight is 234 g/mol.